The third-order valence-electron chi connectivity index (χ3n) is 3.56. The number of carbonyl (C=O) groups excluding carboxylic acids is 1. The summed E-state index contributed by atoms with van der Waals surface area (Å²) >= 11 is 12.0. The van der Waals surface area contributed by atoms with Crippen molar-refractivity contribution < 1.29 is 4.79 Å². The van der Waals surface area contributed by atoms with Crippen LogP contribution in [0, 0.1) is 0 Å². The number of carbonyl (C=O) groups is 1. The van der Waals surface area contributed by atoms with Gasteiger partial charge < -0.3 is 5.32 Å². The van der Waals surface area contributed by atoms with Crippen LogP contribution in [0.2, 0.25) is 10.0 Å². The molecule has 2 aromatic carbocycles. The number of rotatable bonds is 6. The maximum atomic E-state index is 12.2. The molecular formula is C18H20Cl2N2O. The van der Waals surface area contributed by atoms with Crippen molar-refractivity contribution in [3.8, 4) is 0 Å². The van der Waals surface area contributed by atoms with Crippen LogP contribution in [0.5, 0.6) is 0 Å². The van der Waals surface area contributed by atoms with Gasteiger partial charge in [0.1, 0.15) is 0 Å². The Kier molecular flexibility index (Phi) is 6.46. The van der Waals surface area contributed by atoms with Crippen molar-refractivity contribution in [1.82, 2.24) is 10.2 Å². The number of halogens is 2. The van der Waals surface area contributed by atoms with Gasteiger partial charge in [0, 0.05) is 16.6 Å². The average Bonchev–Trinajstić information content (AvgIpc) is 2.50. The predicted octanol–water partition coefficient (Wildman–Crippen LogP) is 4.30. The van der Waals surface area contributed by atoms with E-state index >= 15 is 0 Å². The molecule has 3 nitrogen and oxygen atoms in total. The van der Waals surface area contributed by atoms with Gasteiger partial charge in [0.2, 0.25) is 5.91 Å². The number of hydrogen-bond acceptors (Lipinski definition) is 2. The summed E-state index contributed by atoms with van der Waals surface area (Å²) in [6.07, 6.45) is 0. The summed E-state index contributed by atoms with van der Waals surface area (Å²) in [6, 6.07) is 15.1. The largest absolute Gasteiger partial charge is 0.348 e. The van der Waals surface area contributed by atoms with Crippen LogP contribution in [0.25, 0.3) is 0 Å². The van der Waals surface area contributed by atoms with Crippen molar-refractivity contribution in [2.75, 3.05) is 13.6 Å². The topological polar surface area (TPSA) is 32.3 Å². The van der Waals surface area contributed by atoms with E-state index in [9.17, 15) is 4.79 Å². The Morgan fingerprint density at radius 3 is 2.43 bits per heavy atom. The van der Waals surface area contributed by atoms with E-state index < -0.39 is 0 Å². The van der Waals surface area contributed by atoms with Gasteiger partial charge in [-0.25, -0.2) is 0 Å². The van der Waals surface area contributed by atoms with Gasteiger partial charge in [-0.15, -0.1) is 0 Å². The second-order valence-electron chi connectivity index (χ2n) is 5.60. The van der Waals surface area contributed by atoms with Crippen LogP contribution in [-0.4, -0.2) is 24.4 Å². The normalized spacial score (nSPS) is 12.2. The minimum absolute atomic E-state index is 0.0259. The molecule has 0 radical (unpaired) electrons. The fourth-order valence-corrected chi connectivity index (χ4v) is 2.66. The Hall–Kier alpha value is -1.55. The summed E-state index contributed by atoms with van der Waals surface area (Å²) in [4.78, 5) is 14.1. The zero-order valence-electron chi connectivity index (χ0n) is 13.2. The highest BCUT2D eigenvalue weighted by Crippen LogP contribution is 2.17. The van der Waals surface area contributed by atoms with E-state index in [2.05, 4.69) is 5.32 Å². The molecule has 0 saturated heterocycles. The Labute approximate surface area is 147 Å². The molecule has 0 aromatic heterocycles. The van der Waals surface area contributed by atoms with E-state index in [1.165, 1.54) is 0 Å². The lowest BCUT2D eigenvalue weighted by Gasteiger charge is -2.19. The molecular weight excluding hydrogens is 331 g/mol. The van der Waals surface area contributed by atoms with Crippen LogP contribution >= 0.6 is 23.2 Å². The molecule has 0 aliphatic heterocycles. The number of nitrogens with zero attached hydrogens (tertiary/aromatic N) is 1. The summed E-state index contributed by atoms with van der Waals surface area (Å²) in [5.41, 5.74) is 2.03. The summed E-state index contributed by atoms with van der Waals surface area (Å²) in [6.45, 7) is 2.89. The minimum atomic E-state index is -0.0616. The van der Waals surface area contributed by atoms with E-state index in [1.54, 1.807) is 0 Å². The number of nitrogens with one attached hydrogen (secondary N) is 1. The molecule has 0 aliphatic rings. The van der Waals surface area contributed by atoms with E-state index in [4.69, 9.17) is 23.2 Å². The van der Waals surface area contributed by atoms with Gasteiger partial charge >= 0.3 is 0 Å². The Morgan fingerprint density at radius 1 is 1.13 bits per heavy atom. The molecule has 0 unspecified atom stereocenters. The summed E-state index contributed by atoms with van der Waals surface area (Å²) in [7, 11) is 1.90. The standard InChI is InChI=1S/C18H20Cl2N2O/c1-13(14-7-9-16(19)10-8-14)21-18(23)12-22(2)11-15-5-3-4-6-17(15)20/h3-10,13H,11-12H2,1-2H3,(H,21,23)/t13-/m0/s1. The molecule has 2 rings (SSSR count). The average molecular weight is 351 g/mol. The highest BCUT2D eigenvalue weighted by molar-refractivity contribution is 6.31. The van der Waals surface area contributed by atoms with Crippen molar-refractivity contribution in [3.63, 3.8) is 0 Å². The third-order valence-corrected chi connectivity index (χ3v) is 4.18. The van der Waals surface area contributed by atoms with Crippen LogP contribution in [0.15, 0.2) is 48.5 Å². The predicted molar refractivity (Wildman–Crippen MR) is 95.8 cm³/mol. The molecule has 1 amide bonds. The first-order valence-corrected chi connectivity index (χ1v) is 8.18. The second-order valence-corrected chi connectivity index (χ2v) is 6.45. The maximum Gasteiger partial charge on any atom is 0.234 e. The highest BCUT2D eigenvalue weighted by Gasteiger charge is 2.12. The van der Waals surface area contributed by atoms with Gasteiger partial charge in [0.25, 0.3) is 0 Å². The minimum Gasteiger partial charge on any atom is -0.348 e. The quantitative estimate of drug-likeness (QED) is 0.842. The monoisotopic (exact) mass is 350 g/mol. The molecule has 122 valence electrons. The molecule has 0 fully saturated rings. The number of amides is 1. The summed E-state index contributed by atoms with van der Waals surface area (Å²) in [5.74, 6) is -0.0259. The first-order valence-electron chi connectivity index (χ1n) is 7.42. The third kappa shape index (κ3) is 5.54. The van der Waals surface area contributed by atoms with Gasteiger partial charge in [-0.3, -0.25) is 9.69 Å². The van der Waals surface area contributed by atoms with Gasteiger partial charge in [-0.2, -0.15) is 0 Å². The second kappa shape index (κ2) is 8.34. The summed E-state index contributed by atoms with van der Waals surface area (Å²) in [5, 5.41) is 4.39. The van der Waals surface area contributed by atoms with Crippen molar-refractivity contribution in [1.29, 1.82) is 0 Å². The number of hydrogen-bond donors (Lipinski definition) is 1. The van der Waals surface area contributed by atoms with Crippen LogP contribution in [0.1, 0.15) is 24.1 Å². The van der Waals surface area contributed by atoms with E-state index in [0.29, 0.717) is 23.1 Å². The van der Waals surface area contributed by atoms with Crippen LogP contribution < -0.4 is 5.32 Å². The fraction of sp³-hybridized carbons (Fsp3) is 0.278. The molecule has 5 heteroatoms. The van der Waals surface area contributed by atoms with E-state index in [1.807, 2.05) is 67.4 Å². The van der Waals surface area contributed by atoms with Gasteiger partial charge in [0.15, 0.2) is 0 Å². The zero-order valence-corrected chi connectivity index (χ0v) is 14.7. The van der Waals surface area contributed by atoms with Crippen molar-refractivity contribution in [2.24, 2.45) is 0 Å². The van der Waals surface area contributed by atoms with E-state index in [-0.39, 0.29) is 11.9 Å². The fourth-order valence-electron chi connectivity index (χ4n) is 2.34. The maximum absolute atomic E-state index is 12.2. The number of likely N-dealkylation sites (N-methyl/N-ethyl adjacent to an activating group) is 1. The Bertz CT molecular complexity index is 658. The SMILES string of the molecule is C[C@H](NC(=O)CN(C)Cc1ccccc1Cl)c1ccc(Cl)cc1. The van der Waals surface area contributed by atoms with Crippen molar-refractivity contribution >= 4 is 29.1 Å². The van der Waals surface area contributed by atoms with Gasteiger partial charge in [-0.1, -0.05) is 53.5 Å². The molecule has 1 N–H and O–H groups in total. The lowest BCUT2D eigenvalue weighted by atomic mass is 10.1. The number of benzene rings is 2. The van der Waals surface area contributed by atoms with Crippen molar-refractivity contribution in [2.45, 2.75) is 19.5 Å². The molecule has 0 heterocycles. The molecule has 23 heavy (non-hydrogen) atoms. The molecule has 0 spiro atoms. The first-order chi connectivity index (χ1) is 11.0. The van der Waals surface area contributed by atoms with Crippen LogP contribution in [-0.2, 0) is 11.3 Å². The van der Waals surface area contributed by atoms with E-state index in [0.717, 1.165) is 11.1 Å². The smallest absolute Gasteiger partial charge is 0.234 e. The molecule has 0 saturated carbocycles. The Morgan fingerprint density at radius 2 is 1.78 bits per heavy atom. The lowest BCUT2D eigenvalue weighted by molar-refractivity contribution is -0.122. The molecule has 0 bridgehead atoms. The summed E-state index contributed by atoms with van der Waals surface area (Å²) < 4.78 is 0. The molecule has 2 aromatic rings. The van der Waals surface area contributed by atoms with Crippen LogP contribution in [0.4, 0.5) is 0 Å². The van der Waals surface area contributed by atoms with Crippen LogP contribution in [0.3, 0.4) is 0 Å². The van der Waals surface area contributed by atoms with Crippen molar-refractivity contribution in [3.05, 3.63) is 69.7 Å². The molecule has 1 atom stereocenters. The molecule has 0 aliphatic carbocycles. The van der Waals surface area contributed by atoms with Gasteiger partial charge in [-0.05, 0) is 43.3 Å². The first kappa shape index (κ1) is 17.8. The van der Waals surface area contributed by atoms with Gasteiger partial charge in [0.05, 0.1) is 12.6 Å². The Balaban J connectivity index is 1.86. The lowest BCUT2D eigenvalue weighted by Crippen LogP contribution is -2.36. The zero-order chi connectivity index (χ0) is 16.8. The highest BCUT2D eigenvalue weighted by atomic mass is 35.5.